The minimum Gasteiger partial charge on any atom is -0.488 e. The summed E-state index contributed by atoms with van der Waals surface area (Å²) in [6, 6.07) is 3.73. The molecule has 1 saturated heterocycles. The summed E-state index contributed by atoms with van der Waals surface area (Å²) in [5.41, 5.74) is 0.768. The Balaban J connectivity index is 1.54. The van der Waals surface area contributed by atoms with Gasteiger partial charge in [-0.3, -0.25) is 9.59 Å². The van der Waals surface area contributed by atoms with E-state index in [4.69, 9.17) is 4.74 Å². The van der Waals surface area contributed by atoms with Gasteiger partial charge in [-0.2, -0.15) is 10.1 Å². The predicted molar refractivity (Wildman–Crippen MR) is 109 cm³/mol. The predicted octanol–water partition coefficient (Wildman–Crippen LogP) is 4.53. The molecule has 2 fully saturated rings. The van der Waals surface area contributed by atoms with Crippen LogP contribution < -0.4 is 4.74 Å². The van der Waals surface area contributed by atoms with Crippen LogP contribution in [-0.2, 0) is 9.59 Å². The minimum absolute atomic E-state index is 0.0975. The number of ether oxygens (including phenoxy) is 1. The summed E-state index contributed by atoms with van der Waals surface area (Å²) in [6.07, 6.45) is 7.63. The van der Waals surface area contributed by atoms with Crippen LogP contribution in [0.15, 0.2) is 38.3 Å². The molecule has 1 heterocycles. The Kier molecular flexibility index (Phi) is 5.01. The second-order valence-electron chi connectivity index (χ2n) is 7.38. The molecule has 4 rings (SSSR count). The Hall–Kier alpha value is -1.47. The number of hydrogen-bond donors (Lipinski definition) is 0. The molecule has 1 saturated carbocycles. The van der Waals surface area contributed by atoms with Crippen LogP contribution in [-0.4, -0.2) is 29.1 Å². The fourth-order valence-corrected chi connectivity index (χ4v) is 5.58. The second-order valence-corrected chi connectivity index (χ2v) is 9.09. The quantitative estimate of drug-likeness (QED) is 0.342. The summed E-state index contributed by atoms with van der Waals surface area (Å²) in [5, 5.41) is 5.29. The van der Waals surface area contributed by atoms with Crippen LogP contribution in [0.5, 0.6) is 5.75 Å². The van der Waals surface area contributed by atoms with Gasteiger partial charge >= 0.3 is 0 Å². The second kappa shape index (κ2) is 7.17. The van der Waals surface area contributed by atoms with E-state index in [1.807, 2.05) is 19.1 Å². The van der Waals surface area contributed by atoms with Crippen LogP contribution in [0.4, 0.5) is 0 Å². The van der Waals surface area contributed by atoms with E-state index in [1.54, 1.807) is 6.21 Å². The standard InChI is InChI=1S/C20H20Br2N2O3/c1-3-10(2)27-18-14(21)6-11(7-15(18)22)9-23-24-19(25)16-12-4-5-13(8-12)17(16)20(24)26/h4-7,9-10,12-13,16-17H,3,8H2,1-2H3/t10-,12-,13-,16-,17+/m0/s1. The maximum Gasteiger partial charge on any atom is 0.254 e. The average Bonchev–Trinajstić information content (AvgIpc) is 3.31. The minimum atomic E-state index is -0.227. The van der Waals surface area contributed by atoms with Crippen molar-refractivity contribution in [2.75, 3.05) is 0 Å². The molecular formula is C20H20Br2N2O3. The van der Waals surface area contributed by atoms with E-state index in [1.165, 1.54) is 0 Å². The Morgan fingerprint density at radius 1 is 1.19 bits per heavy atom. The van der Waals surface area contributed by atoms with Crippen LogP contribution in [0.3, 0.4) is 0 Å². The topological polar surface area (TPSA) is 59.0 Å². The molecule has 2 amide bonds. The molecular weight excluding hydrogens is 476 g/mol. The third-order valence-corrected chi connectivity index (χ3v) is 6.86. The van der Waals surface area contributed by atoms with E-state index < -0.39 is 0 Å². The molecule has 0 unspecified atom stereocenters. The van der Waals surface area contributed by atoms with E-state index in [0.717, 1.165) is 38.1 Å². The summed E-state index contributed by atoms with van der Waals surface area (Å²) in [7, 11) is 0. The number of imide groups is 1. The number of fused-ring (bicyclic) bond motifs is 5. The van der Waals surface area contributed by atoms with Crippen molar-refractivity contribution in [1.29, 1.82) is 0 Å². The lowest BCUT2D eigenvalue weighted by Crippen LogP contribution is -2.28. The summed E-state index contributed by atoms with van der Waals surface area (Å²) < 4.78 is 7.49. The number of benzene rings is 1. The smallest absolute Gasteiger partial charge is 0.254 e. The van der Waals surface area contributed by atoms with Gasteiger partial charge in [0.2, 0.25) is 0 Å². The lowest BCUT2D eigenvalue weighted by Gasteiger charge is -2.16. The summed E-state index contributed by atoms with van der Waals surface area (Å²) in [4.78, 5) is 25.3. The van der Waals surface area contributed by atoms with Gasteiger partial charge in [-0.1, -0.05) is 19.1 Å². The number of halogens is 2. The van der Waals surface area contributed by atoms with Gasteiger partial charge in [-0.25, -0.2) is 0 Å². The van der Waals surface area contributed by atoms with Gasteiger partial charge in [0.05, 0.1) is 33.1 Å². The van der Waals surface area contributed by atoms with Crippen molar-refractivity contribution in [3.8, 4) is 5.75 Å². The molecule has 27 heavy (non-hydrogen) atoms. The van der Waals surface area contributed by atoms with Crippen molar-refractivity contribution in [3.63, 3.8) is 0 Å². The summed E-state index contributed by atoms with van der Waals surface area (Å²) in [6.45, 7) is 4.08. The van der Waals surface area contributed by atoms with Crippen LogP contribution in [0.1, 0.15) is 32.3 Å². The fourth-order valence-electron chi connectivity index (χ4n) is 4.18. The summed E-state index contributed by atoms with van der Waals surface area (Å²) in [5.74, 6) is 0.311. The first-order chi connectivity index (χ1) is 12.9. The molecule has 2 bridgehead atoms. The van der Waals surface area contributed by atoms with Gasteiger partial charge in [-0.15, -0.1) is 0 Å². The van der Waals surface area contributed by atoms with E-state index in [9.17, 15) is 9.59 Å². The highest BCUT2D eigenvalue weighted by Crippen LogP contribution is 2.52. The fraction of sp³-hybridized carbons (Fsp3) is 0.450. The highest BCUT2D eigenvalue weighted by molar-refractivity contribution is 9.11. The first kappa shape index (κ1) is 18.9. The zero-order chi connectivity index (χ0) is 19.3. The number of carbonyl (C=O) groups is 2. The van der Waals surface area contributed by atoms with Gasteiger partial charge in [-0.05, 0) is 81.2 Å². The Bertz CT molecular complexity index is 814. The first-order valence-electron chi connectivity index (χ1n) is 9.16. The van der Waals surface area contributed by atoms with Gasteiger partial charge in [0, 0.05) is 0 Å². The number of carbonyl (C=O) groups excluding carboxylic acids is 2. The summed E-state index contributed by atoms with van der Waals surface area (Å²) >= 11 is 7.05. The molecule has 0 N–H and O–H groups in total. The zero-order valence-corrected chi connectivity index (χ0v) is 18.2. The van der Waals surface area contributed by atoms with Crippen LogP contribution in [0.2, 0.25) is 0 Å². The first-order valence-corrected chi connectivity index (χ1v) is 10.7. The number of nitrogens with zero attached hydrogens (tertiary/aromatic N) is 2. The molecule has 1 aromatic carbocycles. The molecule has 1 aliphatic heterocycles. The van der Waals surface area contributed by atoms with E-state index in [0.29, 0.717) is 0 Å². The van der Waals surface area contributed by atoms with Gasteiger partial charge in [0.1, 0.15) is 5.75 Å². The zero-order valence-electron chi connectivity index (χ0n) is 15.1. The van der Waals surface area contributed by atoms with Crippen LogP contribution >= 0.6 is 31.9 Å². The number of rotatable bonds is 5. The molecule has 0 spiro atoms. The molecule has 2 aliphatic carbocycles. The lowest BCUT2D eigenvalue weighted by molar-refractivity contribution is -0.140. The SMILES string of the molecule is CC[C@H](C)Oc1c(Br)cc(C=NN2C(=O)[C@@H]3[C@H](C2=O)[C@H]2C=C[C@H]3C2)cc1Br. The molecule has 5 atom stereocenters. The Morgan fingerprint density at radius 2 is 1.74 bits per heavy atom. The van der Waals surface area contributed by atoms with Crippen molar-refractivity contribution in [2.45, 2.75) is 32.8 Å². The van der Waals surface area contributed by atoms with Crippen molar-refractivity contribution >= 4 is 49.9 Å². The number of amides is 2. The molecule has 3 aliphatic rings. The monoisotopic (exact) mass is 494 g/mol. The Labute approximate surface area is 175 Å². The van der Waals surface area contributed by atoms with Crippen molar-refractivity contribution in [1.82, 2.24) is 5.01 Å². The largest absolute Gasteiger partial charge is 0.488 e. The average molecular weight is 496 g/mol. The van der Waals surface area contributed by atoms with Crippen LogP contribution in [0, 0.1) is 23.7 Å². The lowest BCUT2D eigenvalue weighted by atomic mass is 9.85. The van der Waals surface area contributed by atoms with Gasteiger partial charge < -0.3 is 4.74 Å². The number of hydrazone groups is 1. The van der Waals surface area contributed by atoms with Crippen molar-refractivity contribution < 1.29 is 14.3 Å². The molecule has 5 nitrogen and oxygen atoms in total. The highest BCUT2D eigenvalue weighted by Gasteiger charge is 2.59. The van der Waals surface area contributed by atoms with Crippen molar-refractivity contribution in [3.05, 3.63) is 38.8 Å². The number of allylic oxidation sites excluding steroid dienone is 2. The van der Waals surface area contributed by atoms with Gasteiger partial charge in [0.15, 0.2) is 0 Å². The Morgan fingerprint density at radius 3 is 2.26 bits per heavy atom. The molecule has 0 aromatic heterocycles. The molecule has 1 aromatic rings. The molecule has 0 radical (unpaired) electrons. The number of hydrogen-bond acceptors (Lipinski definition) is 4. The highest BCUT2D eigenvalue weighted by atomic mass is 79.9. The van der Waals surface area contributed by atoms with E-state index in [-0.39, 0.29) is 41.6 Å². The molecule has 7 heteroatoms. The van der Waals surface area contributed by atoms with E-state index >= 15 is 0 Å². The maximum absolute atomic E-state index is 12.7. The maximum atomic E-state index is 12.7. The van der Waals surface area contributed by atoms with Crippen LogP contribution in [0.25, 0.3) is 0 Å². The normalized spacial score (nSPS) is 29.9. The van der Waals surface area contributed by atoms with E-state index in [2.05, 4.69) is 56.0 Å². The van der Waals surface area contributed by atoms with Crippen molar-refractivity contribution in [2.24, 2.45) is 28.8 Å². The third-order valence-electron chi connectivity index (χ3n) is 5.68. The third kappa shape index (κ3) is 3.18. The molecule has 142 valence electrons. The van der Waals surface area contributed by atoms with Gasteiger partial charge in [0.25, 0.3) is 11.8 Å².